The summed E-state index contributed by atoms with van der Waals surface area (Å²) in [4.78, 5) is 7.21. The van der Waals surface area contributed by atoms with E-state index in [4.69, 9.17) is 0 Å². The van der Waals surface area contributed by atoms with Crippen molar-refractivity contribution < 1.29 is 5.11 Å². The van der Waals surface area contributed by atoms with Gasteiger partial charge in [0, 0.05) is 24.4 Å². The molecule has 1 aliphatic rings. The first-order chi connectivity index (χ1) is 11.8. The molecule has 0 saturated carbocycles. The maximum atomic E-state index is 9.26. The Bertz CT molecular complexity index is 615. The Morgan fingerprint density at radius 3 is 2.58 bits per heavy atom. The van der Waals surface area contributed by atoms with Crippen LogP contribution in [-0.2, 0) is 13.0 Å². The number of benzene rings is 1. The molecule has 4 nitrogen and oxygen atoms in total. The van der Waals surface area contributed by atoms with Crippen LogP contribution in [0, 0.1) is 6.92 Å². The molecule has 130 valence electrons. The summed E-state index contributed by atoms with van der Waals surface area (Å²) in [6.07, 6.45) is 6.69. The van der Waals surface area contributed by atoms with Gasteiger partial charge in [0.1, 0.15) is 5.82 Å². The number of piperidine rings is 1. The Kier molecular flexibility index (Phi) is 6.05. The summed E-state index contributed by atoms with van der Waals surface area (Å²) in [7, 11) is 0. The fraction of sp³-hybridized carbons (Fsp3) is 0.550. The first-order valence-electron chi connectivity index (χ1n) is 9.17. The van der Waals surface area contributed by atoms with Crippen LogP contribution in [0.5, 0.6) is 0 Å². The fourth-order valence-electron chi connectivity index (χ4n) is 3.76. The van der Waals surface area contributed by atoms with Gasteiger partial charge in [-0.1, -0.05) is 30.3 Å². The lowest BCUT2D eigenvalue weighted by Crippen LogP contribution is -2.34. The summed E-state index contributed by atoms with van der Waals surface area (Å²) in [5.41, 5.74) is 2.60. The SMILES string of the molecule is Cc1cnc(C2CCN(CCCc3ccccc3)CC2)n1CCO. The fourth-order valence-corrected chi connectivity index (χ4v) is 3.76. The Morgan fingerprint density at radius 2 is 1.88 bits per heavy atom. The van der Waals surface area contributed by atoms with Crippen molar-refractivity contribution in [3.63, 3.8) is 0 Å². The second-order valence-corrected chi connectivity index (χ2v) is 6.84. The van der Waals surface area contributed by atoms with Crippen LogP contribution < -0.4 is 0 Å². The zero-order chi connectivity index (χ0) is 16.8. The van der Waals surface area contributed by atoms with Crippen LogP contribution in [0.4, 0.5) is 0 Å². The lowest BCUT2D eigenvalue weighted by atomic mass is 9.95. The molecule has 0 unspecified atom stereocenters. The topological polar surface area (TPSA) is 41.3 Å². The number of hydrogen-bond donors (Lipinski definition) is 1. The minimum absolute atomic E-state index is 0.183. The van der Waals surface area contributed by atoms with E-state index in [1.165, 1.54) is 43.6 Å². The highest BCUT2D eigenvalue weighted by molar-refractivity contribution is 5.14. The van der Waals surface area contributed by atoms with E-state index in [1.807, 2.05) is 6.20 Å². The monoisotopic (exact) mass is 327 g/mol. The smallest absolute Gasteiger partial charge is 0.112 e. The van der Waals surface area contributed by atoms with Gasteiger partial charge in [-0.2, -0.15) is 0 Å². The normalized spacial score (nSPS) is 16.6. The van der Waals surface area contributed by atoms with Gasteiger partial charge in [0.25, 0.3) is 0 Å². The van der Waals surface area contributed by atoms with E-state index in [-0.39, 0.29) is 6.61 Å². The maximum absolute atomic E-state index is 9.26. The van der Waals surface area contributed by atoms with Crippen LogP contribution in [-0.4, -0.2) is 45.8 Å². The van der Waals surface area contributed by atoms with Crippen LogP contribution in [0.1, 0.15) is 42.3 Å². The van der Waals surface area contributed by atoms with E-state index in [0.717, 1.165) is 18.8 Å². The summed E-state index contributed by atoms with van der Waals surface area (Å²) < 4.78 is 2.19. The molecule has 0 spiro atoms. The molecule has 1 N–H and O–H groups in total. The molecule has 0 atom stereocenters. The Morgan fingerprint density at radius 1 is 1.12 bits per heavy atom. The van der Waals surface area contributed by atoms with Crippen LogP contribution >= 0.6 is 0 Å². The summed E-state index contributed by atoms with van der Waals surface area (Å²) in [5, 5.41) is 9.26. The number of nitrogens with zero attached hydrogens (tertiary/aromatic N) is 3. The Balaban J connectivity index is 1.46. The van der Waals surface area contributed by atoms with Crippen LogP contribution in [0.2, 0.25) is 0 Å². The molecule has 1 saturated heterocycles. The lowest BCUT2D eigenvalue weighted by molar-refractivity contribution is 0.203. The molecule has 4 heteroatoms. The Hall–Kier alpha value is -1.65. The van der Waals surface area contributed by atoms with Gasteiger partial charge in [0.15, 0.2) is 0 Å². The number of likely N-dealkylation sites (tertiary alicyclic amines) is 1. The summed E-state index contributed by atoms with van der Waals surface area (Å²) >= 11 is 0. The summed E-state index contributed by atoms with van der Waals surface area (Å²) in [5.74, 6) is 1.71. The minimum Gasteiger partial charge on any atom is -0.395 e. The van der Waals surface area contributed by atoms with E-state index in [2.05, 4.69) is 51.7 Å². The average Bonchev–Trinajstić information content (AvgIpc) is 2.98. The predicted molar refractivity (Wildman–Crippen MR) is 97.2 cm³/mol. The van der Waals surface area contributed by atoms with Crippen molar-refractivity contribution in [2.45, 2.75) is 45.1 Å². The quantitative estimate of drug-likeness (QED) is 0.850. The third-order valence-electron chi connectivity index (χ3n) is 5.14. The van der Waals surface area contributed by atoms with Crippen molar-refractivity contribution in [2.24, 2.45) is 0 Å². The van der Waals surface area contributed by atoms with Gasteiger partial charge in [-0.3, -0.25) is 0 Å². The second kappa shape index (κ2) is 8.45. The van der Waals surface area contributed by atoms with Crippen molar-refractivity contribution >= 4 is 0 Å². The molecule has 3 rings (SSSR count). The first-order valence-corrected chi connectivity index (χ1v) is 9.17. The van der Waals surface area contributed by atoms with E-state index >= 15 is 0 Å². The number of rotatable bonds is 7. The molecule has 2 aromatic rings. The highest BCUT2D eigenvalue weighted by atomic mass is 16.3. The van der Waals surface area contributed by atoms with Gasteiger partial charge >= 0.3 is 0 Å². The standard InChI is InChI=1S/C20H29N3O/c1-17-16-21-20(23(17)14-15-24)19-9-12-22(13-10-19)11-5-8-18-6-3-2-4-7-18/h2-4,6-7,16,19,24H,5,8-15H2,1H3. The van der Waals surface area contributed by atoms with Crippen molar-refractivity contribution in [1.82, 2.24) is 14.5 Å². The molecule has 0 amide bonds. The molecular weight excluding hydrogens is 298 g/mol. The Labute approximate surface area is 145 Å². The van der Waals surface area contributed by atoms with Gasteiger partial charge in [0.2, 0.25) is 0 Å². The highest BCUT2D eigenvalue weighted by Gasteiger charge is 2.24. The minimum atomic E-state index is 0.183. The van der Waals surface area contributed by atoms with Crippen LogP contribution in [0.15, 0.2) is 36.5 Å². The van der Waals surface area contributed by atoms with E-state index in [1.54, 1.807) is 0 Å². The molecule has 1 aliphatic heterocycles. The molecule has 2 heterocycles. The van der Waals surface area contributed by atoms with Crippen LogP contribution in [0.3, 0.4) is 0 Å². The molecule has 1 aromatic carbocycles. The molecule has 1 fully saturated rings. The number of aliphatic hydroxyl groups excluding tert-OH is 1. The largest absolute Gasteiger partial charge is 0.395 e. The van der Waals surface area contributed by atoms with Crippen molar-refractivity contribution in [2.75, 3.05) is 26.2 Å². The highest BCUT2D eigenvalue weighted by Crippen LogP contribution is 2.28. The number of imidazole rings is 1. The van der Waals surface area contributed by atoms with E-state index < -0.39 is 0 Å². The molecule has 0 bridgehead atoms. The van der Waals surface area contributed by atoms with Crippen molar-refractivity contribution in [3.8, 4) is 0 Å². The van der Waals surface area contributed by atoms with Crippen molar-refractivity contribution in [3.05, 3.63) is 53.6 Å². The van der Waals surface area contributed by atoms with E-state index in [0.29, 0.717) is 12.5 Å². The molecule has 0 aliphatic carbocycles. The van der Waals surface area contributed by atoms with Gasteiger partial charge in [0.05, 0.1) is 6.61 Å². The van der Waals surface area contributed by atoms with Gasteiger partial charge in [-0.25, -0.2) is 4.98 Å². The third kappa shape index (κ3) is 4.25. The number of aryl methyl sites for hydroxylation is 2. The third-order valence-corrected chi connectivity index (χ3v) is 5.14. The zero-order valence-corrected chi connectivity index (χ0v) is 14.7. The van der Waals surface area contributed by atoms with E-state index in [9.17, 15) is 5.11 Å². The molecule has 0 radical (unpaired) electrons. The summed E-state index contributed by atoms with van der Waals surface area (Å²) in [6, 6.07) is 10.8. The molecule has 24 heavy (non-hydrogen) atoms. The molecular formula is C20H29N3O. The lowest BCUT2D eigenvalue weighted by Gasteiger charge is -2.32. The van der Waals surface area contributed by atoms with Gasteiger partial charge in [-0.05, 0) is 57.8 Å². The molecule has 1 aromatic heterocycles. The average molecular weight is 327 g/mol. The zero-order valence-electron chi connectivity index (χ0n) is 14.7. The van der Waals surface area contributed by atoms with Crippen molar-refractivity contribution in [1.29, 1.82) is 0 Å². The van der Waals surface area contributed by atoms with Crippen LogP contribution in [0.25, 0.3) is 0 Å². The second-order valence-electron chi connectivity index (χ2n) is 6.84. The first kappa shape index (κ1) is 17.2. The number of hydrogen-bond acceptors (Lipinski definition) is 3. The number of aromatic nitrogens is 2. The van der Waals surface area contributed by atoms with Gasteiger partial charge in [-0.15, -0.1) is 0 Å². The predicted octanol–water partition coefficient (Wildman–Crippen LogP) is 3.00. The van der Waals surface area contributed by atoms with Gasteiger partial charge < -0.3 is 14.6 Å². The summed E-state index contributed by atoms with van der Waals surface area (Å²) in [6.45, 7) is 6.42. The maximum Gasteiger partial charge on any atom is 0.112 e. The number of aliphatic hydroxyl groups is 1.